The van der Waals surface area contributed by atoms with Crippen molar-refractivity contribution in [1.82, 2.24) is 9.78 Å². The number of halogens is 3. The number of hydrogen-bond donors (Lipinski definition) is 1. The summed E-state index contributed by atoms with van der Waals surface area (Å²) in [7, 11) is -3.02. The molecule has 0 spiro atoms. The van der Waals surface area contributed by atoms with E-state index in [-0.39, 0.29) is 6.61 Å². The van der Waals surface area contributed by atoms with Gasteiger partial charge in [0.25, 0.3) is 0 Å². The predicted octanol–water partition coefficient (Wildman–Crippen LogP) is 1.84. The van der Waals surface area contributed by atoms with Crippen LogP contribution in [0.4, 0.5) is 13.2 Å². The second-order valence-electron chi connectivity index (χ2n) is 3.70. The van der Waals surface area contributed by atoms with Gasteiger partial charge in [0, 0.05) is 13.2 Å². The smallest absolute Gasteiger partial charge is 0.324 e. The Labute approximate surface area is 106 Å². The lowest BCUT2D eigenvalue weighted by Crippen LogP contribution is -2.15. The van der Waals surface area contributed by atoms with Crippen LogP contribution in [0.15, 0.2) is 6.20 Å². The molecule has 0 saturated carbocycles. The second kappa shape index (κ2) is 5.44. The number of hydrogen-bond acceptors (Lipinski definition) is 4. The van der Waals surface area contributed by atoms with E-state index in [1.807, 2.05) is 0 Å². The first-order chi connectivity index (χ1) is 8.57. The molecule has 0 aliphatic heterocycles. The van der Waals surface area contributed by atoms with Crippen LogP contribution in [0.5, 0.6) is 0 Å². The zero-order valence-corrected chi connectivity index (χ0v) is 11.0. The largest absolute Gasteiger partial charge is 0.435 e. The Morgan fingerprint density at radius 2 is 2.16 bits per heavy atom. The van der Waals surface area contributed by atoms with Crippen molar-refractivity contribution in [2.24, 2.45) is 7.05 Å². The van der Waals surface area contributed by atoms with Gasteiger partial charge in [0.2, 0.25) is 0 Å². The lowest BCUT2D eigenvalue weighted by atomic mass is 10.2. The molecular formula is C9H12F3N2O4P. The van der Waals surface area contributed by atoms with Crippen LogP contribution in [0.3, 0.4) is 0 Å². The number of carbonyl (C=O) groups excluding carboxylic acids is 1. The Morgan fingerprint density at radius 3 is 2.63 bits per heavy atom. The molecule has 1 N–H and O–H groups in total. The van der Waals surface area contributed by atoms with Gasteiger partial charge in [-0.3, -0.25) is 14.0 Å². The fourth-order valence-corrected chi connectivity index (χ4v) is 2.44. The number of Topliss-reactive ketones (excluding diaryl/α,β-unsaturated/α-hetero) is 1. The highest BCUT2D eigenvalue weighted by molar-refractivity contribution is 7.53. The van der Waals surface area contributed by atoms with E-state index in [9.17, 15) is 27.4 Å². The van der Waals surface area contributed by atoms with Crippen molar-refractivity contribution in [1.29, 1.82) is 0 Å². The van der Waals surface area contributed by atoms with Crippen molar-refractivity contribution in [3.63, 3.8) is 0 Å². The average molecular weight is 300 g/mol. The van der Waals surface area contributed by atoms with Gasteiger partial charge in [-0.25, -0.2) is 0 Å². The molecule has 0 aromatic carbocycles. The summed E-state index contributed by atoms with van der Waals surface area (Å²) < 4.78 is 54.5. The third-order valence-corrected chi connectivity index (χ3v) is 3.42. The first-order valence-electron chi connectivity index (χ1n) is 5.17. The zero-order valence-electron chi connectivity index (χ0n) is 10.1. The van der Waals surface area contributed by atoms with Crippen LogP contribution < -0.4 is 0 Å². The number of rotatable bonds is 5. The quantitative estimate of drug-likeness (QED) is 0.663. The fourth-order valence-electron chi connectivity index (χ4n) is 1.42. The summed E-state index contributed by atoms with van der Waals surface area (Å²) in [6, 6.07) is 0. The van der Waals surface area contributed by atoms with Crippen LogP contribution in [0, 0.1) is 0 Å². The Hall–Kier alpha value is -1.18. The molecule has 0 bridgehead atoms. The van der Waals surface area contributed by atoms with Crippen molar-refractivity contribution in [2.75, 3.05) is 12.8 Å². The Morgan fingerprint density at radius 1 is 1.58 bits per heavy atom. The third-order valence-electron chi connectivity index (χ3n) is 2.07. The van der Waals surface area contributed by atoms with E-state index in [1.54, 1.807) is 0 Å². The highest BCUT2D eigenvalue weighted by atomic mass is 31.2. The molecule has 1 aromatic heterocycles. The SMILES string of the molecule is CCOP(=O)(O)CC(=O)c1cn(C)nc1C(F)(F)F. The van der Waals surface area contributed by atoms with Crippen molar-refractivity contribution in [2.45, 2.75) is 13.1 Å². The number of nitrogens with zero attached hydrogens (tertiary/aromatic N) is 2. The molecule has 1 atom stereocenters. The van der Waals surface area contributed by atoms with Gasteiger partial charge in [0.1, 0.15) is 6.16 Å². The summed E-state index contributed by atoms with van der Waals surface area (Å²) in [6.45, 7) is 1.30. The van der Waals surface area contributed by atoms with E-state index in [2.05, 4.69) is 9.62 Å². The van der Waals surface area contributed by atoms with Gasteiger partial charge >= 0.3 is 13.8 Å². The molecule has 0 aliphatic carbocycles. The van der Waals surface area contributed by atoms with E-state index in [0.29, 0.717) is 0 Å². The summed E-state index contributed by atoms with van der Waals surface area (Å²) in [4.78, 5) is 20.9. The number of alkyl halides is 3. The molecule has 0 radical (unpaired) electrons. The molecule has 10 heteroatoms. The van der Waals surface area contributed by atoms with E-state index >= 15 is 0 Å². The molecule has 1 aromatic rings. The lowest BCUT2D eigenvalue weighted by molar-refractivity contribution is -0.141. The number of ketones is 1. The van der Waals surface area contributed by atoms with Crippen molar-refractivity contribution < 1.29 is 31.9 Å². The summed E-state index contributed by atoms with van der Waals surface area (Å²) in [5.41, 5.74) is -2.12. The Kier molecular flexibility index (Phi) is 4.54. The number of aryl methyl sites for hydroxylation is 1. The van der Waals surface area contributed by atoms with Gasteiger partial charge in [-0.2, -0.15) is 18.3 Å². The van der Waals surface area contributed by atoms with E-state index < -0.39 is 37.0 Å². The van der Waals surface area contributed by atoms with Crippen LogP contribution in [0.2, 0.25) is 0 Å². The van der Waals surface area contributed by atoms with Crippen LogP contribution in [-0.4, -0.2) is 33.2 Å². The molecule has 0 fully saturated rings. The van der Waals surface area contributed by atoms with Gasteiger partial charge in [-0.1, -0.05) is 0 Å². The molecule has 0 amide bonds. The number of aromatic nitrogens is 2. The highest BCUT2D eigenvalue weighted by Crippen LogP contribution is 2.42. The molecule has 0 aliphatic rings. The maximum absolute atomic E-state index is 12.6. The molecule has 108 valence electrons. The fraction of sp³-hybridized carbons (Fsp3) is 0.556. The lowest BCUT2D eigenvalue weighted by Gasteiger charge is -2.10. The number of carbonyl (C=O) groups is 1. The van der Waals surface area contributed by atoms with Gasteiger partial charge < -0.3 is 9.42 Å². The summed E-state index contributed by atoms with van der Waals surface area (Å²) in [5, 5.41) is 3.14. The average Bonchev–Trinajstić information content (AvgIpc) is 2.58. The van der Waals surface area contributed by atoms with Gasteiger partial charge in [-0.05, 0) is 6.92 Å². The summed E-state index contributed by atoms with van der Waals surface area (Å²) in [5.74, 6) is -1.14. The maximum Gasteiger partial charge on any atom is 0.435 e. The third kappa shape index (κ3) is 4.15. The second-order valence-corrected chi connectivity index (χ2v) is 5.55. The molecule has 0 saturated heterocycles. The molecule has 1 rings (SSSR count). The molecule has 1 unspecified atom stereocenters. The van der Waals surface area contributed by atoms with Crippen LogP contribution in [0.25, 0.3) is 0 Å². The molecule has 19 heavy (non-hydrogen) atoms. The van der Waals surface area contributed by atoms with E-state index in [4.69, 9.17) is 0 Å². The first kappa shape index (κ1) is 15.9. The van der Waals surface area contributed by atoms with Crippen LogP contribution in [0.1, 0.15) is 23.0 Å². The molecule has 1 heterocycles. The maximum atomic E-state index is 12.6. The van der Waals surface area contributed by atoms with Crippen molar-refractivity contribution in [3.05, 3.63) is 17.5 Å². The minimum absolute atomic E-state index is 0.125. The summed E-state index contributed by atoms with van der Waals surface area (Å²) >= 11 is 0. The normalized spacial score (nSPS) is 15.3. The van der Waals surface area contributed by atoms with E-state index in [1.165, 1.54) is 14.0 Å². The highest BCUT2D eigenvalue weighted by Gasteiger charge is 2.40. The van der Waals surface area contributed by atoms with Crippen LogP contribution >= 0.6 is 7.60 Å². The standard InChI is InChI=1S/C9H12F3N2O4P/c1-3-18-19(16,17)5-7(15)6-4-14(2)13-8(6)9(10,11)12/h4H,3,5H2,1-2H3,(H,16,17). The predicted molar refractivity (Wildman–Crippen MR) is 58.9 cm³/mol. The van der Waals surface area contributed by atoms with Crippen molar-refractivity contribution >= 4 is 13.4 Å². The van der Waals surface area contributed by atoms with Gasteiger partial charge in [0.05, 0.1) is 12.2 Å². The minimum atomic E-state index is -4.81. The summed E-state index contributed by atoms with van der Waals surface area (Å²) in [6.07, 6.45) is -4.97. The van der Waals surface area contributed by atoms with Crippen LogP contribution in [-0.2, 0) is 22.3 Å². The van der Waals surface area contributed by atoms with Crippen molar-refractivity contribution in [3.8, 4) is 0 Å². The topological polar surface area (TPSA) is 81.4 Å². The minimum Gasteiger partial charge on any atom is -0.324 e. The Bertz CT molecular complexity index is 526. The molecular weight excluding hydrogens is 288 g/mol. The first-order valence-corrected chi connectivity index (χ1v) is 6.93. The molecule has 6 nitrogen and oxygen atoms in total. The monoisotopic (exact) mass is 300 g/mol. The zero-order chi connectivity index (χ0) is 14.8. The Balaban J connectivity index is 3.04. The van der Waals surface area contributed by atoms with Gasteiger partial charge in [0.15, 0.2) is 11.5 Å². The van der Waals surface area contributed by atoms with Gasteiger partial charge in [-0.15, -0.1) is 0 Å². The van der Waals surface area contributed by atoms with E-state index in [0.717, 1.165) is 10.9 Å².